The van der Waals surface area contributed by atoms with E-state index in [-0.39, 0.29) is 22.3 Å². The average Bonchev–Trinajstić information content (AvgIpc) is 2.53. The normalized spacial score (nSPS) is 14.7. The van der Waals surface area contributed by atoms with Crippen LogP contribution in [0.2, 0.25) is 0 Å². The van der Waals surface area contributed by atoms with Crippen LogP contribution in [0.25, 0.3) is 10.9 Å². The third-order valence-electron chi connectivity index (χ3n) is 3.49. The molecule has 24 heavy (non-hydrogen) atoms. The predicted octanol–water partition coefficient (Wildman–Crippen LogP) is 4.15. The summed E-state index contributed by atoms with van der Waals surface area (Å²) >= 11 is 0. The maximum atomic E-state index is 13.8. The molecule has 0 aliphatic rings. The van der Waals surface area contributed by atoms with Crippen LogP contribution in [0.1, 0.15) is 17.1 Å². The van der Waals surface area contributed by atoms with Crippen molar-refractivity contribution in [3.63, 3.8) is 0 Å². The first-order chi connectivity index (χ1) is 11.2. The van der Waals surface area contributed by atoms with Crippen LogP contribution < -0.4 is 4.74 Å². The van der Waals surface area contributed by atoms with Crippen LogP contribution in [0, 0.1) is 6.92 Å². The van der Waals surface area contributed by atoms with E-state index in [0.717, 1.165) is 0 Å². The van der Waals surface area contributed by atoms with Gasteiger partial charge in [-0.3, -0.25) is 0 Å². The lowest BCUT2D eigenvalue weighted by molar-refractivity contribution is -0.144. The summed E-state index contributed by atoms with van der Waals surface area (Å²) in [4.78, 5) is 6.81. The van der Waals surface area contributed by atoms with Crippen LogP contribution in [-0.4, -0.2) is 36.1 Å². The van der Waals surface area contributed by atoms with Crippen LogP contribution in [0.15, 0.2) is 12.1 Å². The summed E-state index contributed by atoms with van der Waals surface area (Å²) in [7, 11) is 1.28. The van der Waals surface area contributed by atoms with Crippen molar-refractivity contribution in [2.45, 2.75) is 31.9 Å². The zero-order valence-corrected chi connectivity index (χ0v) is 12.8. The van der Waals surface area contributed by atoms with Crippen LogP contribution in [0.5, 0.6) is 5.75 Å². The molecule has 0 aliphatic carbocycles. The first kappa shape index (κ1) is 18.3. The number of hydrogen-bond donors (Lipinski definition) is 0. The maximum absolute atomic E-state index is 13.8. The van der Waals surface area contributed by atoms with E-state index >= 15 is 0 Å². The lowest BCUT2D eigenvalue weighted by Crippen LogP contribution is -2.23. The van der Waals surface area contributed by atoms with Gasteiger partial charge >= 0.3 is 6.18 Å². The van der Waals surface area contributed by atoms with Gasteiger partial charge in [0.25, 0.3) is 0 Å². The van der Waals surface area contributed by atoms with Crippen molar-refractivity contribution in [2.75, 3.05) is 13.8 Å². The lowest BCUT2D eigenvalue weighted by Gasteiger charge is -2.16. The molecule has 1 aromatic carbocycles. The third kappa shape index (κ3) is 3.54. The fraction of sp³-hybridized carbons (Fsp3) is 0.467. The standard InChI is InChI=1S/C15H14F6N2O/c1-7-3-4-11(24-2)12-10(5-8(17)9(18)6-16)22-14(15(19,20)21)23-13(7)12/h3-4,8-9H,5-6H2,1-2H3. The Kier molecular flexibility index (Phi) is 5.19. The van der Waals surface area contributed by atoms with E-state index in [1.807, 2.05) is 0 Å². The fourth-order valence-electron chi connectivity index (χ4n) is 2.27. The smallest absolute Gasteiger partial charge is 0.451 e. The Morgan fingerprint density at radius 3 is 2.33 bits per heavy atom. The molecule has 0 fully saturated rings. The molecule has 2 unspecified atom stereocenters. The van der Waals surface area contributed by atoms with Crippen molar-refractivity contribution in [1.29, 1.82) is 0 Å². The zero-order valence-electron chi connectivity index (χ0n) is 12.8. The van der Waals surface area contributed by atoms with Gasteiger partial charge in [-0.15, -0.1) is 0 Å². The van der Waals surface area contributed by atoms with E-state index in [2.05, 4.69) is 9.97 Å². The molecule has 9 heteroatoms. The fourth-order valence-corrected chi connectivity index (χ4v) is 2.27. The van der Waals surface area contributed by atoms with Gasteiger partial charge < -0.3 is 4.74 Å². The molecule has 1 heterocycles. The van der Waals surface area contributed by atoms with Crippen LogP contribution in [0.4, 0.5) is 26.3 Å². The lowest BCUT2D eigenvalue weighted by atomic mass is 10.0. The molecular formula is C15H14F6N2O. The van der Waals surface area contributed by atoms with E-state index < -0.39 is 37.4 Å². The van der Waals surface area contributed by atoms with Gasteiger partial charge in [-0.25, -0.2) is 23.1 Å². The van der Waals surface area contributed by atoms with E-state index in [1.165, 1.54) is 26.2 Å². The number of hydrogen-bond acceptors (Lipinski definition) is 3. The summed E-state index contributed by atoms with van der Waals surface area (Å²) in [6, 6.07) is 2.96. The molecule has 0 amide bonds. The van der Waals surface area contributed by atoms with Gasteiger partial charge in [0.2, 0.25) is 5.82 Å². The minimum atomic E-state index is -4.86. The molecular weight excluding hydrogens is 338 g/mol. The minimum absolute atomic E-state index is 0.0548. The number of fused-ring (bicyclic) bond motifs is 1. The van der Waals surface area contributed by atoms with E-state index in [9.17, 15) is 26.3 Å². The summed E-state index contributed by atoms with van der Waals surface area (Å²) in [5, 5.41) is 0.0548. The summed E-state index contributed by atoms with van der Waals surface area (Å²) in [6.07, 6.45) is -10.5. The van der Waals surface area contributed by atoms with E-state index in [0.29, 0.717) is 5.56 Å². The van der Waals surface area contributed by atoms with Crippen molar-refractivity contribution in [1.82, 2.24) is 9.97 Å². The summed E-state index contributed by atoms with van der Waals surface area (Å²) in [5.41, 5.74) is -0.0661. The Bertz CT molecular complexity index is 734. The number of aromatic nitrogens is 2. The molecule has 2 atom stereocenters. The first-order valence-electron chi connectivity index (χ1n) is 6.94. The quantitative estimate of drug-likeness (QED) is 0.758. The molecule has 0 saturated carbocycles. The highest BCUT2D eigenvalue weighted by molar-refractivity contribution is 5.90. The highest BCUT2D eigenvalue weighted by Crippen LogP contribution is 2.34. The Morgan fingerprint density at radius 1 is 1.12 bits per heavy atom. The molecule has 0 bridgehead atoms. The van der Waals surface area contributed by atoms with E-state index in [4.69, 9.17) is 4.74 Å². The van der Waals surface area contributed by atoms with Crippen LogP contribution in [-0.2, 0) is 12.6 Å². The van der Waals surface area contributed by atoms with Crippen molar-refractivity contribution in [3.8, 4) is 5.75 Å². The molecule has 0 N–H and O–H groups in total. The number of halogens is 6. The number of aryl methyl sites for hydroxylation is 1. The molecule has 132 valence electrons. The third-order valence-corrected chi connectivity index (χ3v) is 3.49. The second kappa shape index (κ2) is 6.82. The number of rotatable bonds is 5. The Hall–Kier alpha value is -2.06. The molecule has 0 saturated heterocycles. The second-order valence-corrected chi connectivity index (χ2v) is 5.19. The van der Waals surface area contributed by atoms with Gasteiger partial charge in [0.05, 0.1) is 23.7 Å². The Balaban J connectivity index is 2.71. The molecule has 3 nitrogen and oxygen atoms in total. The SMILES string of the molecule is COc1ccc(C)c2nc(C(F)(F)F)nc(CC(F)C(F)CF)c12. The van der Waals surface area contributed by atoms with Crippen molar-refractivity contribution < 1.29 is 31.1 Å². The van der Waals surface area contributed by atoms with Crippen LogP contribution >= 0.6 is 0 Å². The van der Waals surface area contributed by atoms with Gasteiger partial charge in [0.15, 0.2) is 6.17 Å². The number of ether oxygens (including phenoxy) is 1. The molecule has 2 aromatic rings. The maximum Gasteiger partial charge on any atom is 0.451 e. The number of benzene rings is 1. The number of alkyl halides is 6. The highest BCUT2D eigenvalue weighted by Gasteiger charge is 2.36. The van der Waals surface area contributed by atoms with Crippen LogP contribution in [0.3, 0.4) is 0 Å². The first-order valence-corrected chi connectivity index (χ1v) is 6.94. The van der Waals surface area contributed by atoms with Gasteiger partial charge in [0, 0.05) is 6.42 Å². The largest absolute Gasteiger partial charge is 0.496 e. The molecule has 2 rings (SSSR count). The van der Waals surface area contributed by atoms with Gasteiger partial charge in [-0.1, -0.05) is 6.07 Å². The van der Waals surface area contributed by atoms with Crippen molar-refractivity contribution in [2.24, 2.45) is 0 Å². The monoisotopic (exact) mass is 352 g/mol. The van der Waals surface area contributed by atoms with Gasteiger partial charge in [0.1, 0.15) is 18.6 Å². The topological polar surface area (TPSA) is 35.0 Å². The summed E-state index contributed by atoms with van der Waals surface area (Å²) in [5.74, 6) is -1.34. The highest BCUT2D eigenvalue weighted by atomic mass is 19.4. The number of nitrogens with zero attached hydrogens (tertiary/aromatic N) is 2. The second-order valence-electron chi connectivity index (χ2n) is 5.19. The predicted molar refractivity (Wildman–Crippen MR) is 75.3 cm³/mol. The Morgan fingerprint density at radius 2 is 1.79 bits per heavy atom. The Labute approximate surface area is 133 Å². The molecule has 0 spiro atoms. The molecule has 0 aliphatic heterocycles. The summed E-state index contributed by atoms with van der Waals surface area (Å²) in [6.45, 7) is -0.0579. The van der Waals surface area contributed by atoms with E-state index in [1.54, 1.807) is 0 Å². The summed E-state index contributed by atoms with van der Waals surface area (Å²) < 4.78 is 83.2. The minimum Gasteiger partial charge on any atom is -0.496 e. The van der Waals surface area contributed by atoms with Gasteiger partial charge in [-0.2, -0.15) is 13.2 Å². The average molecular weight is 352 g/mol. The number of methoxy groups -OCH3 is 1. The molecule has 0 radical (unpaired) electrons. The van der Waals surface area contributed by atoms with Gasteiger partial charge in [-0.05, 0) is 18.6 Å². The molecule has 1 aromatic heterocycles. The zero-order chi connectivity index (χ0) is 18.1. The van der Waals surface area contributed by atoms with Crippen molar-refractivity contribution >= 4 is 10.9 Å². The van der Waals surface area contributed by atoms with Crippen molar-refractivity contribution in [3.05, 3.63) is 29.2 Å².